The second-order valence-corrected chi connectivity index (χ2v) is 5.37. The fourth-order valence-corrected chi connectivity index (χ4v) is 2.87. The van der Waals surface area contributed by atoms with Crippen LogP contribution in [0.2, 0.25) is 5.02 Å². The van der Waals surface area contributed by atoms with Crippen molar-refractivity contribution in [2.75, 3.05) is 31.1 Å². The molecule has 82 valence electrons. The van der Waals surface area contributed by atoms with Crippen LogP contribution in [0.15, 0.2) is 12.1 Å². The third kappa shape index (κ3) is 2.57. The van der Waals surface area contributed by atoms with Crippen molar-refractivity contribution in [3.63, 3.8) is 0 Å². The van der Waals surface area contributed by atoms with Gasteiger partial charge < -0.3 is 10.2 Å². The molecule has 0 spiro atoms. The van der Waals surface area contributed by atoms with Crippen LogP contribution >= 0.6 is 34.2 Å². The van der Waals surface area contributed by atoms with Gasteiger partial charge in [-0.2, -0.15) is 0 Å². The number of piperazine rings is 1. The standard InChI is InChI=1S/C11H14ClIN2/c1-8-10(13)6-9(12)7-11(8)15-4-2-14-3-5-15/h6-7,14H,2-5H2,1H3. The molecule has 2 nitrogen and oxygen atoms in total. The molecule has 15 heavy (non-hydrogen) atoms. The lowest BCUT2D eigenvalue weighted by molar-refractivity contribution is 0.588. The number of hydrogen-bond acceptors (Lipinski definition) is 2. The summed E-state index contributed by atoms with van der Waals surface area (Å²) in [6, 6.07) is 4.09. The van der Waals surface area contributed by atoms with E-state index in [1.54, 1.807) is 0 Å². The highest BCUT2D eigenvalue weighted by Crippen LogP contribution is 2.29. The Morgan fingerprint density at radius 1 is 1.33 bits per heavy atom. The molecule has 1 aliphatic heterocycles. The molecule has 1 N–H and O–H groups in total. The zero-order valence-corrected chi connectivity index (χ0v) is 11.6. The highest BCUT2D eigenvalue weighted by atomic mass is 127. The van der Waals surface area contributed by atoms with Crippen LogP contribution in [-0.4, -0.2) is 26.2 Å². The van der Waals surface area contributed by atoms with Crippen molar-refractivity contribution in [2.45, 2.75) is 6.92 Å². The van der Waals surface area contributed by atoms with E-state index in [0.717, 1.165) is 31.2 Å². The Bertz CT molecular complexity index is 362. The number of hydrogen-bond donors (Lipinski definition) is 1. The first-order chi connectivity index (χ1) is 7.18. The summed E-state index contributed by atoms with van der Waals surface area (Å²) in [7, 11) is 0. The predicted molar refractivity (Wildman–Crippen MR) is 74.0 cm³/mol. The third-order valence-electron chi connectivity index (χ3n) is 2.74. The summed E-state index contributed by atoms with van der Waals surface area (Å²) in [6.45, 7) is 6.41. The third-order valence-corrected chi connectivity index (χ3v) is 4.08. The van der Waals surface area contributed by atoms with Gasteiger partial charge in [0.15, 0.2) is 0 Å². The number of nitrogens with zero attached hydrogens (tertiary/aromatic N) is 1. The first-order valence-electron chi connectivity index (χ1n) is 5.10. The van der Waals surface area contributed by atoms with Crippen LogP contribution < -0.4 is 10.2 Å². The van der Waals surface area contributed by atoms with E-state index >= 15 is 0 Å². The first kappa shape index (κ1) is 11.5. The van der Waals surface area contributed by atoms with Gasteiger partial charge in [0.25, 0.3) is 0 Å². The van der Waals surface area contributed by atoms with E-state index in [4.69, 9.17) is 11.6 Å². The fraction of sp³-hybridized carbons (Fsp3) is 0.455. The van der Waals surface area contributed by atoms with Crippen molar-refractivity contribution in [3.05, 3.63) is 26.3 Å². The molecule has 1 aromatic rings. The second-order valence-electron chi connectivity index (χ2n) is 3.77. The van der Waals surface area contributed by atoms with E-state index in [1.807, 2.05) is 6.07 Å². The number of rotatable bonds is 1. The van der Waals surface area contributed by atoms with E-state index in [-0.39, 0.29) is 0 Å². The van der Waals surface area contributed by atoms with Gasteiger partial charge >= 0.3 is 0 Å². The van der Waals surface area contributed by atoms with Crippen molar-refractivity contribution in [1.82, 2.24) is 5.32 Å². The smallest absolute Gasteiger partial charge is 0.0437 e. The highest BCUT2D eigenvalue weighted by Gasteiger charge is 2.14. The molecule has 4 heteroatoms. The summed E-state index contributed by atoms with van der Waals surface area (Å²) < 4.78 is 1.24. The molecule has 0 saturated carbocycles. The molecule has 0 unspecified atom stereocenters. The van der Waals surface area contributed by atoms with Gasteiger partial charge in [0.05, 0.1) is 0 Å². The van der Waals surface area contributed by atoms with Crippen molar-refractivity contribution < 1.29 is 0 Å². The molecule has 1 fully saturated rings. The monoisotopic (exact) mass is 336 g/mol. The van der Waals surface area contributed by atoms with Crippen molar-refractivity contribution in [2.24, 2.45) is 0 Å². The van der Waals surface area contributed by atoms with Crippen LogP contribution in [0.25, 0.3) is 0 Å². The molecule has 0 aliphatic carbocycles. The zero-order valence-electron chi connectivity index (χ0n) is 8.69. The summed E-state index contributed by atoms with van der Waals surface area (Å²) in [5, 5.41) is 4.19. The maximum atomic E-state index is 6.09. The lowest BCUT2D eigenvalue weighted by Crippen LogP contribution is -2.43. The molecule has 1 aromatic carbocycles. The normalized spacial score (nSPS) is 16.9. The SMILES string of the molecule is Cc1c(I)cc(Cl)cc1N1CCNCC1. The van der Waals surface area contributed by atoms with Crippen LogP contribution in [0.1, 0.15) is 5.56 Å². The van der Waals surface area contributed by atoms with E-state index in [1.165, 1.54) is 14.8 Å². The van der Waals surface area contributed by atoms with E-state index in [2.05, 4.69) is 45.8 Å². The van der Waals surface area contributed by atoms with Gasteiger partial charge in [-0.05, 0) is 47.2 Å². The zero-order chi connectivity index (χ0) is 10.8. The molecule has 2 rings (SSSR count). The summed E-state index contributed by atoms with van der Waals surface area (Å²) in [5.74, 6) is 0. The van der Waals surface area contributed by atoms with Crippen LogP contribution in [0.4, 0.5) is 5.69 Å². The van der Waals surface area contributed by atoms with Gasteiger partial charge in [-0.3, -0.25) is 0 Å². The topological polar surface area (TPSA) is 15.3 Å². The van der Waals surface area contributed by atoms with Crippen LogP contribution in [0.5, 0.6) is 0 Å². The minimum absolute atomic E-state index is 0.832. The first-order valence-corrected chi connectivity index (χ1v) is 6.55. The van der Waals surface area contributed by atoms with Crippen molar-refractivity contribution in [3.8, 4) is 0 Å². The summed E-state index contributed by atoms with van der Waals surface area (Å²) in [6.07, 6.45) is 0. The molecule has 1 aliphatic rings. The molecule has 1 heterocycles. The van der Waals surface area contributed by atoms with Gasteiger partial charge in [-0.15, -0.1) is 0 Å². The molecule has 0 amide bonds. The van der Waals surface area contributed by atoms with Gasteiger partial charge in [0, 0.05) is 40.5 Å². The summed E-state index contributed by atoms with van der Waals surface area (Å²) in [4.78, 5) is 2.40. The average molecular weight is 337 g/mol. The number of anilines is 1. The van der Waals surface area contributed by atoms with Crippen LogP contribution in [0, 0.1) is 10.5 Å². The van der Waals surface area contributed by atoms with Crippen molar-refractivity contribution >= 4 is 39.9 Å². The quantitative estimate of drug-likeness (QED) is 0.793. The van der Waals surface area contributed by atoms with Gasteiger partial charge in [-0.1, -0.05) is 11.6 Å². The highest BCUT2D eigenvalue weighted by molar-refractivity contribution is 14.1. The van der Waals surface area contributed by atoms with Gasteiger partial charge in [0.2, 0.25) is 0 Å². The number of nitrogens with one attached hydrogen (secondary N) is 1. The minimum Gasteiger partial charge on any atom is -0.369 e. The molecule has 0 atom stereocenters. The summed E-state index contributed by atoms with van der Waals surface area (Å²) >= 11 is 8.44. The molecule has 0 bridgehead atoms. The second kappa shape index (κ2) is 4.89. The fourth-order valence-electron chi connectivity index (χ4n) is 1.87. The van der Waals surface area contributed by atoms with Gasteiger partial charge in [-0.25, -0.2) is 0 Å². The van der Waals surface area contributed by atoms with E-state index in [0.29, 0.717) is 0 Å². The Kier molecular flexibility index (Phi) is 3.74. The molecule has 0 aromatic heterocycles. The molecular formula is C11H14ClIN2. The average Bonchev–Trinajstić information content (AvgIpc) is 2.24. The maximum Gasteiger partial charge on any atom is 0.0437 e. The largest absolute Gasteiger partial charge is 0.369 e. The maximum absolute atomic E-state index is 6.09. The van der Waals surface area contributed by atoms with E-state index < -0.39 is 0 Å². The molecule has 1 saturated heterocycles. The lowest BCUT2D eigenvalue weighted by Gasteiger charge is -2.31. The Hall–Kier alpha value is -0.0000000000000000763. The summed E-state index contributed by atoms with van der Waals surface area (Å²) in [5.41, 5.74) is 2.62. The predicted octanol–water partition coefficient (Wildman–Crippen LogP) is 2.66. The molecule has 0 radical (unpaired) electrons. The van der Waals surface area contributed by atoms with Crippen molar-refractivity contribution in [1.29, 1.82) is 0 Å². The molecular weight excluding hydrogens is 322 g/mol. The Labute approximate surface area is 109 Å². The van der Waals surface area contributed by atoms with E-state index in [9.17, 15) is 0 Å². The number of halogens is 2. The Balaban J connectivity index is 2.33. The van der Waals surface area contributed by atoms with Gasteiger partial charge in [0.1, 0.15) is 0 Å². The Morgan fingerprint density at radius 3 is 2.67 bits per heavy atom. The minimum atomic E-state index is 0.832. The lowest BCUT2D eigenvalue weighted by atomic mass is 10.1. The Morgan fingerprint density at radius 2 is 2.00 bits per heavy atom. The van der Waals surface area contributed by atoms with Crippen LogP contribution in [0.3, 0.4) is 0 Å². The number of benzene rings is 1. The van der Waals surface area contributed by atoms with Crippen LogP contribution in [-0.2, 0) is 0 Å².